The standard InChI is InChI=1S/C17H25N5O/c1-5-14-13(17(23-4)22(3)21-14)10-18-16-12-8-6-7-9-15(12)19-11(2)20-16/h5-10H2,1-4H3,(H,18,19,20). The second-order valence-electron chi connectivity index (χ2n) is 6.02. The molecule has 0 atom stereocenters. The lowest BCUT2D eigenvalue weighted by Gasteiger charge is -2.19. The molecule has 0 aromatic carbocycles. The lowest BCUT2D eigenvalue weighted by molar-refractivity contribution is 0.369. The van der Waals surface area contributed by atoms with Gasteiger partial charge in [0.05, 0.1) is 18.4 Å². The van der Waals surface area contributed by atoms with Crippen molar-refractivity contribution in [2.75, 3.05) is 12.4 Å². The number of aromatic nitrogens is 4. The summed E-state index contributed by atoms with van der Waals surface area (Å²) in [6, 6.07) is 0. The molecule has 0 saturated carbocycles. The Kier molecular flexibility index (Phi) is 4.50. The van der Waals surface area contributed by atoms with E-state index >= 15 is 0 Å². The molecule has 124 valence electrons. The van der Waals surface area contributed by atoms with Gasteiger partial charge in [-0.05, 0) is 39.0 Å². The normalized spacial score (nSPS) is 13.7. The molecule has 6 nitrogen and oxygen atoms in total. The summed E-state index contributed by atoms with van der Waals surface area (Å²) in [5, 5.41) is 8.04. The van der Waals surface area contributed by atoms with Crippen LogP contribution in [0.5, 0.6) is 5.88 Å². The maximum absolute atomic E-state index is 5.51. The first-order chi connectivity index (χ1) is 11.1. The van der Waals surface area contributed by atoms with Crippen LogP contribution in [-0.4, -0.2) is 26.9 Å². The van der Waals surface area contributed by atoms with Crippen LogP contribution >= 0.6 is 0 Å². The molecule has 0 saturated heterocycles. The third-order valence-electron chi connectivity index (χ3n) is 4.43. The minimum Gasteiger partial charge on any atom is -0.481 e. The third-order valence-corrected chi connectivity index (χ3v) is 4.43. The zero-order valence-corrected chi connectivity index (χ0v) is 14.4. The van der Waals surface area contributed by atoms with Gasteiger partial charge in [-0.3, -0.25) is 0 Å². The van der Waals surface area contributed by atoms with Crippen LogP contribution in [0.3, 0.4) is 0 Å². The molecule has 0 radical (unpaired) electrons. The summed E-state index contributed by atoms with van der Waals surface area (Å²) in [6.45, 7) is 4.74. The Morgan fingerprint density at radius 3 is 2.74 bits per heavy atom. The Morgan fingerprint density at radius 1 is 1.22 bits per heavy atom. The molecule has 1 aliphatic rings. The van der Waals surface area contributed by atoms with Gasteiger partial charge < -0.3 is 10.1 Å². The van der Waals surface area contributed by atoms with Gasteiger partial charge in [0.25, 0.3) is 0 Å². The van der Waals surface area contributed by atoms with Gasteiger partial charge >= 0.3 is 0 Å². The monoisotopic (exact) mass is 315 g/mol. The first-order valence-electron chi connectivity index (χ1n) is 8.33. The molecule has 0 amide bonds. The van der Waals surface area contributed by atoms with Crippen LogP contribution in [-0.2, 0) is 32.9 Å². The molecular weight excluding hydrogens is 290 g/mol. The van der Waals surface area contributed by atoms with E-state index in [-0.39, 0.29) is 0 Å². The SMILES string of the molecule is CCc1nn(C)c(OC)c1CNc1nc(C)nc2c1CCCC2. The van der Waals surface area contributed by atoms with Crippen LogP contribution in [0.1, 0.15) is 48.1 Å². The van der Waals surface area contributed by atoms with Gasteiger partial charge in [-0.25, -0.2) is 14.6 Å². The van der Waals surface area contributed by atoms with E-state index in [9.17, 15) is 0 Å². The largest absolute Gasteiger partial charge is 0.481 e. The minimum atomic E-state index is 0.670. The predicted octanol–water partition coefficient (Wildman–Crippen LogP) is 2.58. The quantitative estimate of drug-likeness (QED) is 0.918. The summed E-state index contributed by atoms with van der Waals surface area (Å²) in [5.74, 6) is 2.62. The number of hydrogen-bond donors (Lipinski definition) is 1. The van der Waals surface area contributed by atoms with Crippen LogP contribution in [0.25, 0.3) is 0 Å². The lowest BCUT2D eigenvalue weighted by Crippen LogP contribution is -2.14. The van der Waals surface area contributed by atoms with Gasteiger partial charge in [-0.1, -0.05) is 6.92 Å². The summed E-state index contributed by atoms with van der Waals surface area (Å²) in [4.78, 5) is 9.24. The maximum Gasteiger partial charge on any atom is 0.216 e. The lowest BCUT2D eigenvalue weighted by atomic mass is 9.96. The van der Waals surface area contributed by atoms with Crippen molar-refractivity contribution in [3.8, 4) is 5.88 Å². The zero-order valence-electron chi connectivity index (χ0n) is 14.4. The number of hydrogen-bond acceptors (Lipinski definition) is 5. The Bertz CT molecular complexity index is 707. The number of aryl methyl sites for hydroxylation is 4. The van der Waals surface area contributed by atoms with Crippen molar-refractivity contribution in [1.82, 2.24) is 19.7 Å². The van der Waals surface area contributed by atoms with E-state index in [1.54, 1.807) is 11.8 Å². The highest BCUT2D eigenvalue weighted by Crippen LogP contribution is 2.27. The molecule has 2 heterocycles. The Morgan fingerprint density at radius 2 is 2.00 bits per heavy atom. The topological polar surface area (TPSA) is 64.9 Å². The van der Waals surface area contributed by atoms with Gasteiger partial charge in [0.15, 0.2) is 0 Å². The molecule has 2 aromatic heterocycles. The van der Waals surface area contributed by atoms with Gasteiger partial charge in [0.2, 0.25) is 5.88 Å². The van der Waals surface area contributed by atoms with Crippen LogP contribution < -0.4 is 10.1 Å². The molecule has 1 aliphatic carbocycles. The van der Waals surface area contributed by atoms with Crippen LogP contribution in [0.2, 0.25) is 0 Å². The van der Waals surface area contributed by atoms with Gasteiger partial charge in [0.1, 0.15) is 11.6 Å². The molecular formula is C17H25N5O. The number of nitrogens with one attached hydrogen (secondary N) is 1. The highest BCUT2D eigenvalue weighted by atomic mass is 16.5. The van der Waals surface area contributed by atoms with E-state index in [1.165, 1.54) is 24.1 Å². The van der Waals surface area contributed by atoms with Crippen LogP contribution in [0.15, 0.2) is 0 Å². The average molecular weight is 315 g/mol. The molecule has 0 aliphatic heterocycles. The summed E-state index contributed by atoms with van der Waals surface area (Å²) < 4.78 is 7.31. The average Bonchev–Trinajstić information content (AvgIpc) is 2.87. The van der Waals surface area contributed by atoms with E-state index < -0.39 is 0 Å². The first-order valence-corrected chi connectivity index (χ1v) is 8.33. The van der Waals surface area contributed by atoms with Crippen molar-refractivity contribution in [2.24, 2.45) is 7.05 Å². The van der Waals surface area contributed by atoms with Crippen molar-refractivity contribution < 1.29 is 4.74 Å². The Labute approximate surface area is 137 Å². The van der Waals surface area contributed by atoms with Crippen molar-refractivity contribution in [2.45, 2.75) is 52.5 Å². The minimum absolute atomic E-state index is 0.670. The number of ether oxygens (including phenoxy) is 1. The van der Waals surface area contributed by atoms with Crippen molar-refractivity contribution in [3.63, 3.8) is 0 Å². The second-order valence-corrected chi connectivity index (χ2v) is 6.02. The highest BCUT2D eigenvalue weighted by Gasteiger charge is 2.19. The van der Waals surface area contributed by atoms with Crippen LogP contribution in [0, 0.1) is 6.92 Å². The third kappa shape index (κ3) is 3.02. The molecule has 6 heteroatoms. The molecule has 0 fully saturated rings. The maximum atomic E-state index is 5.51. The fourth-order valence-corrected chi connectivity index (χ4v) is 3.36. The van der Waals surface area contributed by atoms with Gasteiger partial charge in [-0.15, -0.1) is 0 Å². The number of fused-ring (bicyclic) bond motifs is 1. The van der Waals surface area contributed by atoms with E-state index in [1.807, 2.05) is 14.0 Å². The first kappa shape index (κ1) is 15.8. The number of methoxy groups -OCH3 is 1. The van der Waals surface area contributed by atoms with Gasteiger partial charge in [0, 0.05) is 24.8 Å². The number of rotatable bonds is 5. The summed E-state index contributed by atoms with van der Waals surface area (Å²) in [5.41, 5.74) is 4.66. The zero-order chi connectivity index (χ0) is 16.4. The van der Waals surface area contributed by atoms with Crippen molar-refractivity contribution >= 4 is 5.82 Å². The number of nitrogens with zero attached hydrogens (tertiary/aromatic N) is 4. The Hall–Kier alpha value is -2.11. The highest BCUT2D eigenvalue weighted by molar-refractivity contribution is 5.49. The Balaban J connectivity index is 1.88. The smallest absolute Gasteiger partial charge is 0.216 e. The summed E-state index contributed by atoms with van der Waals surface area (Å²) in [6.07, 6.45) is 5.44. The predicted molar refractivity (Wildman–Crippen MR) is 89.9 cm³/mol. The number of anilines is 1. The summed E-state index contributed by atoms with van der Waals surface area (Å²) >= 11 is 0. The molecule has 0 bridgehead atoms. The van der Waals surface area contributed by atoms with E-state index in [0.29, 0.717) is 6.54 Å². The molecule has 0 spiro atoms. The molecule has 2 aromatic rings. The fraction of sp³-hybridized carbons (Fsp3) is 0.588. The molecule has 1 N–H and O–H groups in total. The van der Waals surface area contributed by atoms with Gasteiger partial charge in [-0.2, -0.15) is 5.10 Å². The van der Waals surface area contributed by atoms with E-state index in [2.05, 4.69) is 27.3 Å². The molecule has 0 unspecified atom stereocenters. The fourth-order valence-electron chi connectivity index (χ4n) is 3.36. The molecule has 23 heavy (non-hydrogen) atoms. The van der Waals surface area contributed by atoms with E-state index in [0.717, 1.165) is 48.0 Å². The van der Waals surface area contributed by atoms with Crippen molar-refractivity contribution in [1.29, 1.82) is 0 Å². The second kappa shape index (κ2) is 6.56. The van der Waals surface area contributed by atoms with Crippen LogP contribution in [0.4, 0.5) is 5.82 Å². The summed E-state index contributed by atoms with van der Waals surface area (Å²) in [7, 11) is 3.61. The van der Waals surface area contributed by atoms with Crippen molar-refractivity contribution in [3.05, 3.63) is 28.3 Å². The molecule has 3 rings (SSSR count). The van der Waals surface area contributed by atoms with E-state index in [4.69, 9.17) is 4.74 Å².